The van der Waals surface area contributed by atoms with Crippen LogP contribution in [0.1, 0.15) is 126 Å². The molecule has 0 aromatic heterocycles. The van der Waals surface area contributed by atoms with Crippen LogP contribution in [-0.4, -0.2) is 12.7 Å². The van der Waals surface area contributed by atoms with E-state index in [0.29, 0.717) is 6.10 Å². The number of ether oxygens (including phenoxy) is 1. The highest BCUT2D eigenvalue weighted by atomic mass is 19.1. The van der Waals surface area contributed by atoms with Gasteiger partial charge in [0.05, 0.1) is 12.7 Å². The third-order valence-corrected chi connectivity index (χ3v) is 9.90. The van der Waals surface area contributed by atoms with Crippen molar-refractivity contribution in [2.75, 3.05) is 6.61 Å². The molecule has 4 rings (SSSR count). The lowest BCUT2D eigenvalue weighted by atomic mass is 9.73. The first-order chi connectivity index (χ1) is 18.1. The normalized spacial score (nSPS) is 30.5. The summed E-state index contributed by atoms with van der Waals surface area (Å²) in [6.45, 7) is 4.61. The lowest BCUT2D eigenvalue weighted by Gasteiger charge is -2.33. The van der Waals surface area contributed by atoms with E-state index >= 15 is 0 Å². The fourth-order valence-electron chi connectivity index (χ4n) is 7.38. The van der Waals surface area contributed by atoms with Crippen molar-refractivity contribution in [3.05, 3.63) is 47.5 Å². The summed E-state index contributed by atoms with van der Waals surface area (Å²) in [4.78, 5) is 0. The molecule has 0 amide bonds. The Labute approximate surface area is 223 Å². The van der Waals surface area contributed by atoms with Crippen LogP contribution in [0, 0.1) is 46.6 Å². The molecule has 3 fully saturated rings. The number of nitrogens with zero attached hydrogens (tertiary/aromatic N) is 1. The zero-order valence-electron chi connectivity index (χ0n) is 22.7. The minimum Gasteiger partial charge on any atom is -0.378 e. The van der Waals surface area contributed by atoms with Crippen LogP contribution in [0.4, 0.5) is 8.78 Å². The van der Waals surface area contributed by atoms with Gasteiger partial charge in [-0.2, -0.15) is 5.26 Å². The van der Waals surface area contributed by atoms with Crippen molar-refractivity contribution >= 4 is 0 Å². The molecule has 3 saturated carbocycles. The highest BCUT2D eigenvalue weighted by Gasteiger charge is 2.27. The predicted octanol–water partition coefficient (Wildman–Crippen LogP) is 9.63. The SMILES string of the molecule is C=CCCOC1CCC(CCC2CCC(CCC3CCC(c4cc(F)c(C#N)c(F)c4)CC3)CC2)CC1. The second-order valence-electron chi connectivity index (χ2n) is 12.3. The van der Waals surface area contributed by atoms with Crippen LogP contribution in [0.2, 0.25) is 0 Å². The Bertz CT molecular complexity index is 861. The van der Waals surface area contributed by atoms with E-state index < -0.39 is 17.2 Å². The predicted molar refractivity (Wildman–Crippen MR) is 146 cm³/mol. The van der Waals surface area contributed by atoms with Crippen molar-refractivity contribution in [1.82, 2.24) is 0 Å². The van der Waals surface area contributed by atoms with Gasteiger partial charge in [-0.1, -0.05) is 57.4 Å². The Morgan fingerprint density at radius 1 is 0.757 bits per heavy atom. The number of nitriles is 1. The molecule has 4 heteroatoms. The van der Waals surface area contributed by atoms with Gasteiger partial charge in [-0.15, -0.1) is 6.58 Å². The second kappa shape index (κ2) is 14.4. The molecule has 0 bridgehead atoms. The summed E-state index contributed by atoms with van der Waals surface area (Å²) in [5.41, 5.74) is 0.274. The number of hydrogen-bond acceptors (Lipinski definition) is 2. The van der Waals surface area contributed by atoms with Gasteiger partial charge in [-0.25, -0.2) is 8.78 Å². The summed E-state index contributed by atoms with van der Waals surface area (Å²) < 4.78 is 34.0. The molecule has 0 spiro atoms. The molecule has 0 aliphatic heterocycles. The smallest absolute Gasteiger partial charge is 0.144 e. The van der Waals surface area contributed by atoms with E-state index in [1.165, 1.54) is 89.2 Å². The van der Waals surface area contributed by atoms with Crippen molar-refractivity contribution in [2.45, 2.75) is 121 Å². The third kappa shape index (κ3) is 8.38. The number of benzene rings is 1. The lowest BCUT2D eigenvalue weighted by molar-refractivity contribution is 0.0189. The topological polar surface area (TPSA) is 33.0 Å². The fourth-order valence-corrected chi connectivity index (χ4v) is 7.38. The van der Waals surface area contributed by atoms with Gasteiger partial charge in [0.15, 0.2) is 0 Å². The summed E-state index contributed by atoms with van der Waals surface area (Å²) in [6.07, 6.45) is 24.1. The van der Waals surface area contributed by atoms with E-state index in [1.807, 2.05) is 6.08 Å². The van der Waals surface area contributed by atoms with Crippen molar-refractivity contribution in [3.63, 3.8) is 0 Å². The van der Waals surface area contributed by atoms with Crippen molar-refractivity contribution < 1.29 is 13.5 Å². The van der Waals surface area contributed by atoms with Crippen LogP contribution in [0.25, 0.3) is 0 Å². The van der Waals surface area contributed by atoms with E-state index in [9.17, 15) is 8.78 Å². The molecule has 204 valence electrons. The van der Waals surface area contributed by atoms with Crippen molar-refractivity contribution in [2.24, 2.45) is 23.7 Å². The maximum atomic E-state index is 14.0. The highest BCUT2D eigenvalue weighted by Crippen LogP contribution is 2.41. The van der Waals surface area contributed by atoms with Gasteiger partial charge in [0.25, 0.3) is 0 Å². The van der Waals surface area contributed by atoms with Crippen LogP contribution >= 0.6 is 0 Å². The summed E-state index contributed by atoms with van der Waals surface area (Å²) >= 11 is 0. The first-order valence-corrected chi connectivity index (χ1v) is 15.2. The number of halogens is 2. The molecule has 0 radical (unpaired) electrons. The van der Waals surface area contributed by atoms with Gasteiger partial charge < -0.3 is 4.74 Å². The third-order valence-electron chi connectivity index (χ3n) is 9.90. The highest BCUT2D eigenvalue weighted by molar-refractivity contribution is 5.36. The molecule has 3 aliphatic carbocycles. The monoisotopic (exact) mass is 511 g/mol. The molecule has 0 unspecified atom stereocenters. The average molecular weight is 512 g/mol. The van der Waals surface area contributed by atoms with E-state index in [2.05, 4.69) is 6.58 Å². The van der Waals surface area contributed by atoms with E-state index in [1.54, 1.807) is 6.07 Å². The quantitative estimate of drug-likeness (QED) is 0.219. The fraction of sp³-hybridized carbons (Fsp3) is 0.727. The molecule has 37 heavy (non-hydrogen) atoms. The lowest BCUT2D eigenvalue weighted by Crippen LogP contribution is -2.23. The summed E-state index contributed by atoms with van der Waals surface area (Å²) in [5, 5.41) is 8.90. The van der Waals surface area contributed by atoms with Gasteiger partial charge in [-0.3, -0.25) is 0 Å². The van der Waals surface area contributed by atoms with Crippen molar-refractivity contribution in [1.29, 1.82) is 5.26 Å². The average Bonchev–Trinajstić information content (AvgIpc) is 2.92. The minimum absolute atomic E-state index is 0.225. The van der Waals surface area contributed by atoms with Crippen LogP contribution in [0.3, 0.4) is 0 Å². The molecule has 1 aromatic rings. The van der Waals surface area contributed by atoms with Gasteiger partial charge in [0, 0.05) is 0 Å². The molecule has 3 aliphatic rings. The maximum Gasteiger partial charge on any atom is 0.144 e. The Morgan fingerprint density at radius 3 is 1.62 bits per heavy atom. The molecule has 0 N–H and O–H groups in total. The van der Waals surface area contributed by atoms with Crippen LogP contribution < -0.4 is 0 Å². The zero-order valence-corrected chi connectivity index (χ0v) is 22.7. The summed E-state index contributed by atoms with van der Waals surface area (Å²) in [6, 6.07) is 4.40. The Kier molecular flexibility index (Phi) is 11.0. The van der Waals surface area contributed by atoms with E-state index in [-0.39, 0.29) is 5.92 Å². The standard InChI is InChI=1S/C33H47F2NO/c1-2-3-20-37-30-18-14-27(15-19-30)11-9-25-6-4-24(5-7-25)8-10-26-12-16-28(17-13-26)29-21-32(34)31(23-36)33(35)22-29/h2,21-22,24-28,30H,1,3-20H2. The molecule has 1 aromatic carbocycles. The van der Waals surface area contributed by atoms with Gasteiger partial charge >= 0.3 is 0 Å². The molecule has 0 saturated heterocycles. The Morgan fingerprint density at radius 2 is 1.19 bits per heavy atom. The Balaban J connectivity index is 1.07. The summed E-state index contributed by atoms with van der Waals surface area (Å²) in [7, 11) is 0. The van der Waals surface area contributed by atoms with Crippen LogP contribution in [0.5, 0.6) is 0 Å². The Hall–Kier alpha value is -1.73. The maximum absolute atomic E-state index is 14.0. The second-order valence-corrected chi connectivity index (χ2v) is 12.3. The summed E-state index contributed by atoms with van der Waals surface area (Å²) in [5.74, 6) is 2.32. The van der Waals surface area contributed by atoms with E-state index in [4.69, 9.17) is 10.00 Å². The molecule has 0 atom stereocenters. The first kappa shape index (κ1) is 28.3. The van der Waals surface area contributed by atoms with Gasteiger partial charge in [0.2, 0.25) is 0 Å². The number of rotatable bonds is 11. The zero-order chi connectivity index (χ0) is 26.0. The molecular formula is C33H47F2NO. The molecule has 0 heterocycles. The molecular weight excluding hydrogens is 464 g/mol. The molecule has 2 nitrogen and oxygen atoms in total. The first-order valence-electron chi connectivity index (χ1n) is 15.2. The number of hydrogen-bond donors (Lipinski definition) is 0. The van der Waals surface area contributed by atoms with Crippen LogP contribution in [0.15, 0.2) is 24.8 Å². The minimum atomic E-state index is -0.716. The van der Waals surface area contributed by atoms with Gasteiger partial charge in [0.1, 0.15) is 23.3 Å². The van der Waals surface area contributed by atoms with Crippen molar-refractivity contribution in [3.8, 4) is 6.07 Å². The largest absolute Gasteiger partial charge is 0.378 e. The van der Waals surface area contributed by atoms with Crippen LogP contribution in [-0.2, 0) is 4.74 Å². The van der Waals surface area contributed by atoms with E-state index in [0.717, 1.165) is 67.9 Å². The van der Waals surface area contributed by atoms with Gasteiger partial charge in [-0.05, 0) is 105 Å².